The largest absolute Gasteiger partial charge is 0.382 e. The maximum atomic E-state index is 6.32. The normalized spacial score (nSPS) is 20.4. The molecule has 3 nitrogen and oxygen atoms in total. The fraction of sp³-hybridized carbons (Fsp3) is 1.00. The van der Waals surface area contributed by atoms with Gasteiger partial charge in [0.2, 0.25) is 0 Å². The maximum absolute atomic E-state index is 6.32. The van der Waals surface area contributed by atoms with Crippen molar-refractivity contribution in [2.75, 3.05) is 26.9 Å². The lowest BCUT2D eigenvalue weighted by Gasteiger charge is -2.33. The molecule has 0 aromatic rings. The standard InChI is InChI=1S/C12H25NO2/c1-14-10-11-15-9-5-8-12(13)6-3-2-4-7-12/h2-11,13H2,1H3. The Balaban J connectivity index is 1.98. The van der Waals surface area contributed by atoms with Crippen LogP contribution in [0.2, 0.25) is 0 Å². The lowest BCUT2D eigenvalue weighted by atomic mass is 9.79. The van der Waals surface area contributed by atoms with Crippen molar-refractivity contribution in [1.29, 1.82) is 0 Å². The SMILES string of the molecule is COCCOCCCC1(N)CCCCC1. The van der Waals surface area contributed by atoms with E-state index in [9.17, 15) is 0 Å². The number of methoxy groups -OCH3 is 1. The van der Waals surface area contributed by atoms with Crippen LogP contribution in [0.25, 0.3) is 0 Å². The van der Waals surface area contributed by atoms with E-state index in [-0.39, 0.29) is 5.54 Å². The van der Waals surface area contributed by atoms with Gasteiger partial charge in [-0.2, -0.15) is 0 Å². The summed E-state index contributed by atoms with van der Waals surface area (Å²) in [5.41, 5.74) is 6.43. The summed E-state index contributed by atoms with van der Waals surface area (Å²) < 4.78 is 10.3. The van der Waals surface area contributed by atoms with Gasteiger partial charge in [0.1, 0.15) is 0 Å². The van der Waals surface area contributed by atoms with Crippen LogP contribution in [-0.4, -0.2) is 32.5 Å². The van der Waals surface area contributed by atoms with E-state index in [1.807, 2.05) is 0 Å². The van der Waals surface area contributed by atoms with Crippen molar-refractivity contribution in [3.05, 3.63) is 0 Å². The van der Waals surface area contributed by atoms with Crippen LogP contribution in [0.4, 0.5) is 0 Å². The van der Waals surface area contributed by atoms with E-state index >= 15 is 0 Å². The zero-order chi connectivity index (χ0) is 11.0. The Morgan fingerprint density at radius 2 is 1.80 bits per heavy atom. The summed E-state index contributed by atoms with van der Waals surface area (Å²) in [6.07, 6.45) is 8.57. The van der Waals surface area contributed by atoms with Gasteiger partial charge in [-0.25, -0.2) is 0 Å². The molecule has 1 fully saturated rings. The quantitative estimate of drug-likeness (QED) is 0.661. The van der Waals surface area contributed by atoms with Gasteiger partial charge in [0, 0.05) is 19.3 Å². The smallest absolute Gasteiger partial charge is 0.0700 e. The van der Waals surface area contributed by atoms with Crippen molar-refractivity contribution in [3.63, 3.8) is 0 Å². The van der Waals surface area contributed by atoms with Gasteiger partial charge in [0.25, 0.3) is 0 Å². The minimum absolute atomic E-state index is 0.114. The second-order valence-electron chi connectivity index (χ2n) is 4.63. The molecule has 0 heterocycles. The van der Waals surface area contributed by atoms with Gasteiger partial charge >= 0.3 is 0 Å². The fourth-order valence-corrected chi connectivity index (χ4v) is 2.28. The van der Waals surface area contributed by atoms with E-state index in [1.165, 1.54) is 32.1 Å². The predicted octanol–water partition coefficient (Wildman–Crippen LogP) is 2.09. The Bertz CT molecular complexity index is 156. The summed E-state index contributed by atoms with van der Waals surface area (Å²) in [5.74, 6) is 0. The summed E-state index contributed by atoms with van der Waals surface area (Å²) in [5, 5.41) is 0. The molecule has 1 aliphatic rings. The zero-order valence-electron chi connectivity index (χ0n) is 9.96. The van der Waals surface area contributed by atoms with Crippen LogP contribution in [-0.2, 0) is 9.47 Å². The Morgan fingerprint density at radius 1 is 1.07 bits per heavy atom. The molecule has 3 heteroatoms. The number of rotatable bonds is 7. The molecule has 1 rings (SSSR count). The van der Waals surface area contributed by atoms with Crippen molar-refractivity contribution in [2.24, 2.45) is 5.73 Å². The van der Waals surface area contributed by atoms with E-state index in [1.54, 1.807) is 7.11 Å². The fourth-order valence-electron chi connectivity index (χ4n) is 2.28. The lowest BCUT2D eigenvalue weighted by Crippen LogP contribution is -2.41. The molecule has 0 unspecified atom stereocenters. The number of nitrogens with two attached hydrogens (primary N) is 1. The summed E-state index contributed by atoms with van der Waals surface area (Å²) >= 11 is 0. The summed E-state index contributed by atoms with van der Waals surface area (Å²) in [6, 6.07) is 0. The predicted molar refractivity (Wildman–Crippen MR) is 61.9 cm³/mol. The molecule has 0 aromatic heterocycles. The van der Waals surface area contributed by atoms with Gasteiger partial charge < -0.3 is 15.2 Å². The molecule has 1 saturated carbocycles. The first-order valence-electron chi connectivity index (χ1n) is 6.12. The molecule has 0 aromatic carbocycles. The number of ether oxygens (including phenoxy) is 2. The molecule has 0 spiro atoms. The lowest BCUT2D eigenvalue weighted by molar-refractivity contribution is 0.0653. The molecule has 90 valence electrons. The van der Waals surface area contributed by atoms with Gasteiger partial charge in [0.15, 0.2) is 0 Å². The highest BCUT2D eigenvalue weighted by Crippen LogP contribution is 2.29. The first-order valence-corrected chi connectivity index (χ1v) is 6.12. The van der Waals surface area contributed by atoms with Crippen molar-refractivity contribution in [1.82, 2.24) is 0 Å². The molecule has 15 heavy (non-hydrogen) atoms. The summed E-state index contributed by atoms with van der Waals surface area (Å²) in [4.78, 5) is 0. The van der Waals surface area contributed by atoms with Crippen molar-refractivity contribution in [3.8, 4) is 0 Å². The van der Waals surface area contributed by atoms with Crippen LogP contribution in [0.15, 0.2) is 0 Å². The van der Waals surface area contributed by atoms with Crippen LogP contribution < -0.4 is 5.73 Å². The van der Waals surface area contributed by atoms with E-state index in [0.29, 0.717) is 13.2 Å². The van der Waals surface area contributed by atoms with Crippen molar-refractivity contribution in [2.45, 2.75) is 50.5 Å². The molecule has 0 bridgehead atoms. The molecule has 1 aliphatic carbocycles. The maximum Gasteiger partial charge on any atom is 0.0700 e. The van der Waals surface area contributed by atoms with E-state index in [2.05, 4.69) is 0 Å². The summed E-state index contributed by atoms with van der Waals surface area (Å²) in [7, 11) is 1.69. The minimum atomic E-state index is 0.114. The van der Waals surface area contributed by atoms with Crippen LogP contribution in [0.3, 0.4) is 0 Å². The average Bonchev–Trinajstić information content (AvgIpc) is 2.24. The molecule has 0 atom stereocenters. The van der Waals surface area contributed by atoms with Gasteiger partial charge in [-0.05, 0) is 25.7 Å². The Morgan fingerprint density at radius 3 is 2.47 bits per heavy atom. The van der Waals surface area contributed by atoms with E-state index in [4.69, 9.17) is 15.2 Å². The molecule has 0 aliphatic heterocycles. The second kappa shape index (κ2) is 7.20. The monoisotopic (exact) mass is 215 g/mol. The minimum Gasteiger partial charge on any atom is -0.382 e. The number of hydrogen-bond donors (Lipinski definition) is 1. The van der Waals surface area contributed by atoms with Gasteiger partial charge in [-0.1, -0.05) is 19.3 Å². The Labute approximate surface area is 93.3 Å². The Kier molecular flexibility index (Phi) is 6.22. The van der Waals surface area contributed by atoms with Gasteiger partial charge in [-0.3, -0.25) is 0 Å². The third-order valence-electron chi connectivity index (χ3n) is 3.24. The van der Waals surface area contributed by atoms with Crippen LogP contribution in [0.1, 0.15) is 44.9 Å². The van der Waals surface area contributed by atoms with Crippen LogP contribution in [0.5, 0.6) is 0 Å². The van der Waals surface area contributed by atoms with E-state index in [0.717, 1.165) is 19.4 Å². The summed E-state index contributed by atoms with van der Waals surface area (Å²) in [6.45, 7) is 2.21. The average molecular weight is 215 g/mol. The first-order chi connectivity index (χ1) is 7.27. The highest BCUT2D eigenvalue weighted by molar-refractivity contribution is 4.86. The highest BCUT2D eigenvalue weighted by Gasteiger charge is 2.26. The van der Waals surface area contributed by atoms with E-state index < -0.39 is 0 Å². The number of hydrogen-bond acceptors (Lipinski definition) is 3. The van der Waals surface area contributed by atoms with Crippen LogP contribution >= 0.6 is 0 Å². The van der Waals surface area contributed by atoms with Crippen molar-refractivity contribution >= 4 is 0 Å². The third kappa shape index (κ3) is 5.50. The molecular weight excluding hydrogens is 190 g/mol. The third-order valence-corrected chi connectivity index (χ3v) is 3.24. The molecule has 0 radical (unpaired) electrons. The zero-order valence-corrected chi connectivity index (χ0v) is 9.96. The topological polar surface area (TPSA) is 44.5 Å². The van der Waals surface area contributed by atoms with Gasteiger partial charge in [-0.15, -0.1) is 0 Å². The second-order valence-corrected chi connectivity index (χ2v) is 4.63. The Hall–Kier alpha value is -0.120. The molecular formula is C12H25NO2. The molecule has 0 amide bonds. The van der Waals surface area contributed by atoms with Gasteiger partial charge in [0.05, 0.1) is 13.2 Å². The molecule has 2 N–H and O–H groups in total. The molecule has 0 saturated heterocycles. The van der Waals surface area contributed by atoms with Crippen LogP contribution in [0, 0.1) is 0 Å². The first kappa shape index (κ1) is 12.9. The van der Waals surface area contributed by atoms with Crippen molar-refractivity contribution < 1.29 is 9.47 Å². The highest BCUT2D eigenvalue weighted by atomic mass is 16.5.